The Morgan fingerprint density at radius 1 is 1.06 bits per heavy atom. The van der Waals surface area contributed by atoms with E-state index >= 15 is 0 Å². The van der Waals surface area contributed by atoms with Crippen LogP contribution in [0.1, 0.15) is 35.2 Å². The van der Waals surface area contributed by atoms with Crippen molar-refractivity contribution in [1.29, 1.82) is 0 Å². The highest BCUT2D eigenvalue weighted by atomic mass is 35.5. The molecule has 0 spiro atoms. The maximum Gasteiger partial charge on any atom is 0.253 e. The Hall–Kier alpha value is -2.90. The van der Waals surface area contributed by atoms with E-state index < -0.39 is 6.04 Å². The number of likely N-dealkylation sites (tertiary alicyclic amines) is 1. The van der Waals surface area contributed by atoms with Gasteiger partial charge in [-0.05, 0) is 42.9 Å². The van der Waals surface area contributed by atoms with Crippen LogP contribution in [0.25, 0.3) is 0 Å². The number of amides is 3. The largest absolute Gasteiger partial charge is 0.383 e. The summed E-state index contributed by atoms with van der Waals surface area (Å²) in [6.45, 7) is 1.85. The standard InChI is InChI=1S/C26H32ClN3O4/c1-34-18-15-28-26(33)24(29-25(32)21-9-5-6-10-22(21)27)20-13-16-30(17-14-20)23(31)12-11-19-7-3-2-4-8-19/h2-10,20,24H,11-18H2,1H3,(H,28,33)(H,29,32)/t24-/m1/s1. The van der Waals surface area contributed by atoms with E-state index in [0.29, 0.717) is 62.5 Å². The number of hydrogen-bond donors (Lipinski definition) is 2. The molecule has 1 atom stereocenters. The molecule has 8 heteroatoms. The summed E-state index contributed by atoms with van der Waals surface area (Å²) >= 11 is 6.18. The van der Waals surface area contributed by atoms with Crippen LogP contribution in [0.15, 0.2) is 54.6 Å². The number of aryl methyl sites for hydroxylation is 1. The molecule has 0 unspecified atom stereocenters. The van der Waals surface area contributed by atoms with Gasteiger partial charge < -0.3 is 20.3 Å². The summed E-state index contributed by atoms with van der Waals surface area (Å²) in [7, 11) is 1.56. The molecule has 2 N–H and O–H groups in total. The molecule has 0 aliphatic carbocycles. The van der Waals surface area contributed by atoms with Crippen LogP contribution in [0, 0.1) is 5.92 Å². The second-order valence-corrected chi connectivity index (χ2v) is 8.83. The van der Waals surface area contributed by atoms with Gasteiger partial charge in [-0.2, -0.15) is 0 Å². The third-order valence-electron chi connectivity index (χ3n) is 6.13. The molecular formula is C26H32ClN3O4. The molecule has 34 heavy (non-hydrogen) atoms. The molecule has 1 heterocycles. The van der Waals surface area contributed by atoms with E-state index in [0.717, 1.165) is 5.56 Å². The second-order valence-electron chi connectivity index (χ2n) is 8.42. The summed E-state index contributed by atoms with van der Waals surface area (Å²) in [5.74, 6) is -0.624. The minimum Gasteiger partial charge on any atom is -0.383 e. The van der Waals surface area contributed by atoms with E-state index in [4.69, 9.17) is 16.3 Å². The first-order valence-electron chi connectivity index (χ1n) is 11.6. The Morgan fingerprint density at radius 2 is 1.74 bits per heavy atom. The Balaban J connectivity index is 1.60. The van der Waals surface area contributed by atoms with Gasteiger partial charge in [0.2, 0.25) is 11.8 Å². The lowest BCUT2D eigenvalue weighted by Crippen LogP contribution is -2.54. The van der Waals surface area contributed by atoms with E-state index in [-0.39, 0.29) is 23.6 Å². The summed E-state index contributed by atoms with van der Waals surface area (Å²) in [5.41, 5.74) is 1.47. The third kappa shape index (κ3) is 7.30. The molecule has 0 saturated carbocycles. The molecule has 0 bridgehead atoms. The van der Waals surface area contributed by atoms with Crippen molar-refractivity contribution in [3.8, 4) is 0 Å². The van der Waals surface area contributed by atoms with Gasteiger partial charge in [-0.3, -0.25) is 14.4 Å². The molecule has 0 aromatic heterocycles. The number of methoxy groups -OCH3 is 1. The normalized spacial score (nSPS) is 14.9. The molecule has 1 aliphatic rings. The van der Waals surface area contributed by atoms with E-state index in [1.54, 1.807) is 31.4 Å². The molecular weight excluding hydrogens is 454 g/mol. The summed E-state index contributed by atoms with van der Waals surface area (Å²) < 4.78 is 5.02. The Labute approximate surface area is 205 Å². The van der Waals surface area contributed by atoms with Gasteiger partial charge in [-0.15, -0.1) is 0 Å². The summed E-state index contributed by atoms with van der Waals surface area (Å²) in [4.78, 5) is 40.4. The molecule has 2 aromatic rings. The van der Waals surface area contributed by atoms with E-state index in [1.165, 1.54) is 0 Å². The monoisotopic (exact) mass is 485 g/mol. The van der Waals surface area contributed by atoms with Gasteiger partial charge in [0.15, 0.2) is 0 Å². The Bertz CT molecular complexity index is 962. The molecule has 3 rings (SSSR count). The number of nitrogens with one attached hydrogen (secondary N) is 2. The fourth-order valence-corrected chi connectivity index (χ4v) is 4.41. The van der Waals surface area contributed by atoms with Crippen LogP contribution in [-0.2, 0) is 20.7 Å². The highest BCUT2D eigenvalue weighted by Gasteiger charge is 2.34. The number of hydrogen-bond acceptors (Lipinski definition) is 4. The average molecular weight is 486 g/mol. The van der Waals surface area contributed by atoms with E-state index in [1.807, 2.05) is 35.2 Å². The number of piperidine rings is 1. The summed E-state index contributed by atoms with van der Waals surface area (Å²) in [6.07, 6.45) is 2.42. The van der Waals surface area contributed by atoms with Crippen LogP contribution >= 0.6 is 11.6 Å². The number of halogens is 1. The number of ether oxygens (including phenoxy) is 1. The minimum atomic E-state index is -0.720. The van der Waals surface area contributed by atoms with Gasteiger partial charge in [0.1, 0.15) is 6.04 Å². The average Bonchev–Trinajstić information content (AvgIpc) is 2.87. The lowest BCUT2D eigenvalue weighted by atomic mass is 9.88. The van der Waals surface area contributed by atoms with Crippen molar-refractivity contribution in [2.75, 3.05) is 33.4 Å². The number of carbonyl (C=O) groups excluding carboxylic acids is 3. The molecule has 1 aliphatic heterocycles. The second kappa shape index (κ2) is 13.1. The number of carbonyl (C=O) groups is 3. The zero-order chi connectivity index (χ0) is 24.3. The van der Waals surface area contributed by atoms with Gasteiger partial charge in [0.25, 0.3) is 5.91 Å². The van der Waals surface area contributed by atoms with Gasteiger partial charge >= 0.3 is 0 Å². The SMILES string of the molecule is COCCNC(=O)[C@H](NC(=O)c1ccccc1Cl)C1CCN(C(=O)CCc2ccccc2)CC1. The van der Waals surface area contributed by atoms with Crippen molar-refractivity contribution in [3.63, 3.8) is 0 Å². The first kappa shape index (κ1) is 25.7. The Morgan fingerprint density at radius 3 is 2.41 bits per heavy atom. The molecule has 3 amide bonds. The lowest BCUT2D eigenvalue weighted by molar-refractivity contribution is -0.133. The molecule has 1 saturated heterocycles. The fourth-order valence-electron chi connectivity index (χ4n) is 4.18. The van der Waals surface area contributed by atoms with Crippen molar-refractivity contribution >= 4 is 29.3 Å². The molecule has 0 radical (unpaired) electrons. The van der Waals surface area contributed by atoms with Crippen LogP contribution in [0.5, 0.6) is 0 Å². The van der Waals surface area contributed by atoms with Gasteiger partial charge in [-0.1, -0.05) is 54.1 Å². The van der Waals surface area contributed by atoms with Crippen LogP contribution in [0.2, 0.25) is 5.02 Å². The van der Waals surface area contributed by atoms with Crippen LogP contribution in [0.4, 0.5) is 0 Å². The topological polar surface area (TPSA) is 87.7 Å². The molecule has 7 nitrogen and oxygen atoms in total. The van der Waals surface area contributed by atoms with Gasteiger partial charge in [0.05, 0.1) is 17.2 Å². The maximum atomic E-state index is 12.9. The van der Waals surface area contributed by atoms with Crippen molar-refractivity contribution in [2.45, 2.75) is 31.7 Å². The fraction of sp³-hybridized carbons (Fsp3) is 0.423. The zero-order valence-corrected chi connectivity index (χ0v) is 20.2. The molecule has 2 aromatic carbocycles. The quantitative estimate of drug-likeness (QED) is 0.506. The van der Waals surface area contributed by atoms with Crippen LogP contribution in [0.3, 0.4) is 0 Å². The number of nitrogens with zero attached hydrogens (tertiary/aromatic N) is 1. The molecule has 182 valence electrons. The predicted molar refractivity (Wildman–Crippen MR) is 132 cm³/mol. The van der Waals surface area contributed by atoms with Gasteiger partial charge in [-0.25, -0.2) is 0 Å². The highest BCUT2D eigenvalue weighted by molar-refractivity contribution is 6.33. The zero-order valence-electron chi connectivity index (χ0n) is 19.5. The minimum absolute atomic E-state index is 0.0906. The van der Waals surface area contributed by atoms with Gasteiger partial charge in [0, 0.05) is 33.2 Å². The summed E-state index contributed by atoms with van der Waals surface area (Å²) in [6, 6.07) is 16.0. The van der Waals surface area contributed by atoms with Crippen LogP contribution in [-0.4, -0.2) is 62.0 Å². The van der Waals surface area contributed by atoms with Crippen molar-refractivity contribution in [3.05, 3.63) is 70.7 Å². The van der Waals surface area contributed by atoms with E-state index in [2.05, 4.69) is 10.6 Å². The summed E-state index contributed by atoms with van der Waals surface area (Å²) in [5, 5.41) is 6.05. The first-order valence-corrected chi connectivity index (χ1v) is 12.0. The Kier molecular flexibility index (Phi) is 9.91. The first-order chi connectivity index (χ1) is 16.5. The van der Waals surface area contributed by atoms with Crippen LogP contribution < -0.4 is 10.6 Å². The number of rotatable bonds is 10. The smallest absolute Gasteiger partial charge is 0.253 e. The molecule has 1 fully saturated rings. The lowest BCUT2D eigenvalue weighted by Gasteiger charge is -2.36. The predicted octanol–water partition coefficient (Wildman–Crippen LogP) is 3.07. The van der Waals surface area contributed by atoms with E-state index in [9.17, 15) is 14.4 Å². The third-order valence-corrected chi connectivity index (χ3v) is 6.46. The van der Waals surface area contributed by atoms with Crippen molar-refractivity contribution < 1.29 is 19.1 Å². The number of benzene rings is 2. The maximum absolute atomic E-state index is 12.9. The van der Waals surface area contributed by atoms with Crippen molar-refractivity contribution in [1.82, 2.24) is 15.5 Å². The van der Waals surface area contributed by atoms with Crippen molar-refractivity contribution in [2.24, 2.45) is 5.92 Å². The highest BCUT2D eigenvalue weighted by Crippen LogP contribution is 2.23.